The molecule has 0 bridgehead atoms. The molecule has 260 valence electrons. The maximum Gasteiger partial charge on any atom is 0.490 e. The van der Waals surface area contributed by atoms with E-state index in [0.29, 0.717) is 12.1 Å². The Morgan fingerprint density at radius 3 is 1.80 bits per heavy atom. The predicted molar refractivity (Wildman–Crippen MR) is 136 cm³/mol. The van der Waals surface area contributed by atoms with E-state index in [2.05, 4.69) is 47.8 Å². The molecule has 3 N–H and O–H groups in total. The lowest BCUT2D eigenvalue weighted by Gasteiger charge is -2.33. The molecule has 2 unspecified atom stereocenters. The van der Waals surface area contributed by atoms with Gasteiger partial charge in [0.05, 0.1) is 19.3 Å². The van der Waals surface area contributed by atoms with Gasteiger partial charge in [-0.3, -0.25) is 9.88 Å². The molecule has 2 atom stereocenters. The number of carbonyl (C=O) groups is 3. The number of alkyl halides is 9. The Labute approximate surface area is 251 Å². The molecule has 0 aromatic carbocycles. The Bertz CT molecular complexity index is 1000. The van der Waals surface area contributed by atoms with Crippen molar-refractivity contribution in [3.63, 3.8) is 0 Å². The summed E-state index contributed by atoms with van der Waals surface area (Å²) in [5.74, 6) is -8.27. The number of hydrogen-bond donors (Lipinski definition) is 3. The van der Waals surface area contributed by atoms with Gasteiger partial charge in [-0.1, -0.05) is 0 Å². The molecule has 0 radical (unpaired) electrons. The van der Waals surface area contributed by atoms with Crippen LogP contribution >= 0.6 is 0 Å². The van der Waals surface area contributed by atoms with Crippen LogP contribution in [-0.4, -0.2) is 124 Å². The Balaban J connectivity index is 0.000000753. The fourth-order valence-electron chi connectivity index (χ4n) is 3.64. The number of nitrogens with zero attached hydrogens (tertiary/aromatic N) is 3. The van der Waals surface area contributed by atoms with Crippen LogP contribution in [0.25, 0.3) is 0 Å². The molecule has 11 nitrogen and oxygen atoms in total. The van der Waals surface area contributed by atoms with Crippen molar-refractivity contribution in [3.05, 3.63) is 30.1 Å². The summed E-state index contributed by atoms with van der Waals surface area (Å²) >= 11 is 0. The van der Waals surface area contributed by atoms with Crippen LogP contribution in [0.4, 0.5) is 39.5 Å². The largest absolute Gasteiger partial charge is 0.490 e. The molecule has 1 aromatic heterocycles. The molecule has 20 heteroatoms. The molecule has 45 heavy (non-hydrogen) atoms. The summed E-state index contributed by atoms with van der Waals surface area (Å²) in [6.45, 7) is 9.83. The average molecular weight is 676 g/mol. The van der Waals surface area contributed by atoms with E-state index < -0.39 is 36.4 Å². The third kappa shape index (κ3) is 17.7. The zero-order valence-electron chi connectivity index (χ0n) is 24.2. The Morgan fingerprint density at radius 1 is 0.956 bits per heavy atom. The van der Waals surface area contributed by atoms with Gasteiger partial charge in [0.15, 0.2) is 0 Å². The second-order valence-electron chi connectivity index (χ2n) is 10.0. The minimum atomic E-state index is -5.08. The van der Waals surface area contributed by atoms with Gasteiger partial charge in [0, 0.05) is 44.6 Å². The molecule has 3 heterocycles. The third-order valence-corrected chi connectivity index (χ3v) is 6.02. The molecule has 2 fully saturated rings. The number of pyridine rings is 1. The number of halogens is 9. The molecular formula is C25H34F9N3O8. The van der Waals surface area contributed by atoms with Crippen molar-refractivity contribution in [1.29, 1.82) is 0 Å². The van der Waals surface area contributed by atoms with Gasteiger partial charge in [-0.05, 0) is 51.4 Å². The van der Waals surface area contributed by atoms with Gasteiger partial charge < -0.3 is 29.7 Å². The average Bonchev–Trinajstić information content (AvgIpc) is 3.17. The summed E-state index contributed by atoms with van der Waals surface area (Å²) in [6, 6.07) is 4.74. The van der Waals surface area contributed by atoms with Crippen LogP contribution in [-0.2, 0) is 30.4 Å². The lowest BCUT2D eigenvalue weighted by Crippen LogP contribution is -2.45. The summed E-state index contributed by atoms with van der Waals surface area (Å²) in [6.07, 6.45) is -8.98. The number of likely N-dealkylation sites (N-methyl/N-ethyl adjacent to an activating group) is 1. The summed E-state index contributed by atoms with van der Waals surface area (Å²) in [7, 11) is 2.18. The van der Waals surface area contributed by atoms with Crippen molar-refractivity contribution in [1.82, 2.24) is 14.8 Å². The zero-order valence-corrected chi connectivity index (χ0v) is 24.2. The molecule has 3 rings (SSSR count). The predicted octanol–water partition coefficient (Wildman–Crippen LogP) is 4.07. The Morgan fingerprint density at radius 2 is 1.40 bits per heavy atom. The Hall–Kier alpha value is -3.23. The van der Waals surface area contributed by atoms with Crippen molar-refractivity contribution in [3.8, 4) is 0 Å². The van der Waals surface area contributed by atoms with Crippen molar-refractivity contribution in [2.45, 2.75) is 69.5 Å². The highest BCUT2D eigenvalue weighted by Gasteiger charge is 2.43. The monoisotopic (exact) mass is 675 g/mol. The fourth-order valence-corrected chi connectivity index (χ4v) is 3.64. The number of carboxylic acids is 3. The van der Waals surface area contributed by atoms with Crippen LogP contribution < -0.4 is 0 Å². The molecule has 1 spiro atoms. The maximum atomic E-state index is 10.6. The number of hydrogen-bond acceptors (Lipinski definition) is 8. The summed E-state index contributed by atoms with van der Waals surface area (Å²) in [5.41, 5.74) is 1.17. The first kappa shape index (κ1) is 41.8. The molecule has 0 aliphatic carbocycles. The maximum absolute atomic E-state index is 10.6. The highest BCUT2D eigenvalue weighted by molar-refractivity contribution is 5.73. The van der Waals surface area contributed by atoms with Crippen LogP contribution in [0.2, 0.25) is 0 Å². The first-order valence-corrected chi connectivity index (χ1v) is 12.9. The van der Waals surface area contributed by atoms with E-state index in [-0.39, 0.29) is 5.60 Å². The lowest BCUT2D eigenvalue weighted by atomic mass is 9.99. The van der Waals surface area contributed by atoms with Gasteiger partial charge in [0.2, 0.25) is 0 Å². The zero-order chi connectivity index (χ0) is 35.2. The van der Waals surface area contributed by atoms with Gasteiger partial charge >= 0.3 is 36.4 Å². The molecule has 2 aliphatic heterocycles. The smallest absolute Gasteiger partial charge is 0.475 e. The number of aromatic nitrogens is 1. The van der Waals surface area contributed by atoms with Crippen molar-refractivity contribution in [2.24, 2.45) is 0 Å². The second kappa shape index (κ2) is 18.1. The summed E-state index contributed by atoms with van der Waals surface area (Å²) < 4.78 is 108. The van der Waals surface area contributed by atoms with Crippen LogP contribution in [0, 0.1) is 0 Å². The van der Waals surface area contributed by atoms with E-state index in [9.17, 15) is 39.5 Å². The van der Waals surface area contributed by atoms with Gasteiger partial charge in [-0.15, -0.1) is 0 Å². The first-order valence-electron chi connectivity index (χ1n) is 12.9. The molecule has 0 saturated carbocycles. The molecular weight excluding hydrogens is 641 g/mol. The van der Waals surface area contributed by atoms with E-state index in [4.69, 9.17) is 39.2 Å². The molecule has 0 amide bonds. The number of ether oxygens (including phenoxy) is 2. The van der Waals surface area contributed by atoms with Crippen molar-refractivity contribution < 1.29 is 78.7 Å². The molecule has 1 aromatic rings. The SMILES string of the molecule is CC(C)N(C)CC1CCC2(COCCN(Cc3ccncc3)C2)O1.O=C(O)C(F)(F)F.O=C(O)C(F)(F)F.O=C(O)C(F)(F)F. The normalized spacial score (nSPS) is 20.6. The van der Waals surface area contributed by atoms with Crippen molar-refractivity contribution in [2.75, 3.05) is 39.9 Å². The fraction of sp³-hybridized carbons (Fsp3) is 0.680. The number of aliphatic carboxylic acids is 3. The van der Waals surface area contributed by atoms with Gasteiger partial charge in [0.1, 0.15) is 5.60 Å². The number of carboxylic acid groups (broad SMARTS) is 3. The standard InChI is InChI=1S/C19H31N3O2.3C2HF3O2/c1-16(2)21(3)13-18-4-7-19(24-18)14-22(10-11-23-15-19)12-17-5-8-20-9-6-17;3*3-2(4,5)1(6)7/h5-6,8-9,16,18H,4,7,10-15H2,1-3H3;3*(H,6,7). The van der Waals surface area contributed by atoms with Crippen LogP contribution in [0.1, 0.15) is 32.3 Å². The number of rotatable bonds is 5. The van der Waals surface area contributed by atoms with E-state index >= 15 is 0 Å². The van der Waals surface area contributed by atoms with Crippen LogP contribution in [0.3, 0.4) is 0 Å². The van der Waals surface area contributed by atoms with Gasteiger partial charge in [-0.2, -0.15) is 39.5 Å². The van der Waals surface area contributed by atoms with Gasteiger partial charge in [-0.25, -0.2) is 14.4 Å². The Kier molecular flexibility index (Phi) is 16.8. The quantitative estimate of drug-likeness (QED) is 0.388. The van der Waals surface area contributed by atoms with Gasteiger partial charge in [0.25, 0.3) is 0 Å². The lowest BCUT2D eigenvalue weighted by molar-refractivity contribution is -0.193. The van der Waals surface area contributed by atoms with E-state index in [1.807, 2.05) is 12.4 Å². The van der Waals surface area contributed by atoms with E-state index in [0.717, 1.165) is 52.2 Å². The molecule has 2 aliphatic rings. The third-order valence-electron chi connectivity index (χ3n) is 6.02. The minimum absolute atomic E-state index is 0.133. The summed E-state index contributed by atoms with van der Waals surface area (Å²) in [4.78, 5) is 35.6. The topological polar surface area (TPSA) is 150 Å². The van der Waals surface area contributed by atoms with Crippen LogP contribution in [0.5, 0.6) is 0 Å². The summed E-state index contributed by atoms with van der Waals surface area (Å²) in [5, 5.41) is 21.4. The van der Waals surface area contributed by atoms with Crippen molar-refractivity contribution >= 4 is 17.9 Å². The van der Waals surface area contributed by atoms with Crippen LogP contribution in [0.15, 0.2) is 24.5 Å². The molecule has 2 saturated heterocycles. The van der Waals surface area contributed by atoms with E-state index in [1.165, 1.54) is 5.56 Å². The van der Waals surface area contributed by atoms with E-state index in [1.54, 1.807) is 0 Å². The highest BCUT2D eigenvalue weighted by Crippen LogP contribution is 2.34. The minimum Gasteiger partial charge on any atom is -0.475 e. The first-order chi connectivity index (χ1) is 20.4. The second-order valence-corrected chi connectivity index (χ2v) is 10.0. The highest BCUT2D eigenvalue weighted by atomic mass is 19.4.